The molecule has 0 aromatic heterocycles. The van der Waals surface area contributed by atoms with Crippen LogP contribution in [0.2, 0.25) is 0 Å². The van der Waals surface area contributed by atoms with Gasteiger partial charge >= 0.3 is 10.3 Å². The predicted octanol–water partition coefficient (Wildman–Crippen LogP) is 2.89. The number of benzene rings is 1. The molecule has 0 spiro atoms. The van der Waals surface area contributed by atoms with Gasteiger partial charge in [-0.3, -0.25) is 14.5 Å². The zero-order valence-electron chi connectivity index (χ0n) is 17.9. The first-order chi connectivity index (χ1) is 14.7. The van der Waals surface area contributed by atoms with Gasteiger partial charge in [-0.1, -0.05) is 13.0 Å². The van der Waals surface area contributed by atoms with Gasteiger partial charge in [-0.2, -0.15) is 13.6 Å². The van der Waals surface area contributed by atoms with E-state index in [4.69, 9.17) is 9.32 Å². The molecule has 1 aromatic carbocycles. The van der Waals surface area contributed by atoms with Gasteiger partial charge in [0.05, 0.1) is 5.41 Å². The molecule has 5 rings (SSSR count). The van der Waals surface area contributed by atoms with Gasteiger partial charge in [-0.25, -0.2) is 0 Å². The Hall–Kier alpha value is -1.93. The molecule has 4 atom stereocenters. The van der Waals surface area contributed by atoms with Crippen molar-refractivity contribution in [2.75, 3.05) is 6.54 Å². The number of hydrogen-bond acceptors (Lipinski definition) is 5. The van der Waals surface area contributed by atoms with Gasteiger partial charge in [0, 0.05) is 13.0 Å². The number of nitrogens with zero attached hydrogens (tertiary/aromatic N) is 1. The van der Waals surface area contributed by atoms with Crippen LogP contribution in [0.4, 0.5) is 0 Å². The highest BCUT2D eigenvalue weighted by molar-refractivity contribution is 7.84. The number of aryl methyl sites for hydroxylation is 1. The van der Waals surface area contributed by atoms with E-state index in [1.165, 1.54) is 5.56 Å². The van der Waals surface area contributed by atoms with Crippen LogP contribution in [-0.4, -0.2) is 31.7 Å². The monoisotopic (exact) mass is 446 g/mol. The standard InChI is InChI=1S/C23H30N2O5S/c1-2-23-10-9-18-17-8-6-16(30-31(24,28)29)11-15(17)5-7-19(18)20(23)12-21(26)25(22(23)27)13-14-3-4-14/h6,8,11,14,18-20H,2-5,7,9-10,12-13H2,1H3,(H2,24,28,29)/t18?,19?,20?,23-/m0/s1. The summed E-state index contributed by atoms with van der Waals surface area (Å²) in [4.78, 5) is 28.2. The first kappa shape index (κ1) is 20.9. The number of nitrogens with two attached hydrogens (primary N) is 1. The maximum atomic E-state index is 13.6. The van der Waals surface area contributed by atoms with Crippen molar-refractivity contribution in [2.24, 2.45) is 28.3 Å². The summed E-state index contributed by atoms with van der Waals surface area (Å²) in [6.45, 7) is 2.71. The third kappa shape index (κ3) is 3.57. The zero-order chi connectivity index (χ0) is 22.0. The third-order valence-electron chi connectivity index (χ3n) is 8.25. The van der Waals surface area contributed by atoms with E-state index in [0.29, 0.717) is 24.8 Å². The van der Waals surface area contributed by atoms with E-state index in [2.05, 4.69) is 6.92 Å². The Morgan fingerprint density at radius 1 is 1.19 bits per heavy atom. The summed E-state index contributed by atoms with van der Waals surface area (Å²) in [6.07, 6.45) is 6.88. The lowest BCUT2D eigenvalue weighted by Crippen LogP contribution is -2.60. The number of carbonyl (C=O) groups excluding carboxylic acids is 2. The van der Waals surface area contributed by atoms with Gasteiger partial charge in [0.25, 0.3) is 0 Å². The average Bonchev–Trinajstić information content (AvgIpc) is 3.53. The minimum Gasteiger partial charge on any atom is -0.371 e. The first-order valence-electron chi connectivity index (χ1n) is 11.4. The van der Waals surface area contributed by atoms with Gasteiger partial charge in [0.15, 0.2) is 0 Å². The second-order valence-electron chi connectivity index (χ2n) is 9.86. The lowest BCUT2D eigenvalue weighted by molar-refractivity contribution is -0.170. The number of imide groups is 1. The highest BCUT2D eigenvalue weighted by Crippen LogP contribution is 2.59. The maximum Gasteiger partial charge on any atom is 0.380 e. The number of amides is 2. The quantitative estimate of drug-likeness (QED) is 0.700. The Morgan fingerprint density at radius 2 is 1.97 bits per heavy atom. The lowest BCUT2D eigenvalue weighted by atomic mass is 9.51. The molecular formula is C23H30N2O5S. The summed E-state index contributed by atoms with van der Waals surface area (Å²) in [6, 6.07) is 5.37. The van der Waals surface area contributed by atoms with E-state index >= 15 is 0 Å². The summed E-state index contributed by atoms with van der Waals surface area (Å²) in [5, 5.41) is 5.01. The third-order valence-corrected chi connectivity index (χ3v) is 8.68. The van der Waals surface area contributed by atoms with Crippen LogP contribution in [0, 0.1) is 23.2 Å². The van der Waals surface area contributed by atoms with Crippen LogP contribution in [0.5, 0.6) is 5.75 Å². The van der Waals surface area contributed by atoms with Crippen LogP contribution >= 0.6 is 0 Å². The largest absolute Gasteiger partial charge is 0.380 e. The van der Waals surface area contributed by atoms with Crippen molar-refractivity contribution < 1.29 is 22.2 Å². The molecule has 0 bridgehead atoms. The average molecular weight is 447 g/mol. The number of piperidine rings is 1. The van der Waals surface area contributed by atoms with Gasteiger partial charge in [-0.15, -0.1) is 0 Å². The number of carbonyl (C=O) groups is 2. The second kappa shape index (κ2) is 7.30. The Labute approximate surface area is 183 Å². The smallest absolute Gasteiger partial charge is 0.371 e. The predicted molar refractivity (Wildman–Crippen MR) is 114 cm³/mol. The van der Waals surface area contributed by atoms with Crippen LogP contribution in [0.1, 0.15) is 68.9 Å². The highest BCUT2D eigenvalue weighted by atomic mass is 32.2. The number of rotatable bonds is 5. The first-order valence-corrected chi connectivity index (χ1v) is 12.9. The second-order valence-corrected chi connectivity index (χ2v) is 11.0. The minimum absolute atomic E-state index is 0.00863. The molecule has 8 heteroatoms. The van der Waals surface area contributed by atoms with Crippen LogP contribution in [0.15, 0.2) is 18.2 Å². The lowest BCUT2D eigenvalue weighted by Gasteiger charge is -2.55. The highest BCUT2D eigenvalue weighted by Gasteiger charge is 2.59. The van der Waals surface area contributed by atoms with E-state index in [1.807, 2.05) is 6.07 Å². The van der Waals surface area contributed by atoms with Gasteiger partial charge in [0.1, 0.15) is 5.75 Å². The van der Waals surface area contributed by atoms with Crippen molar-refractivity contribution in [2.45, 2.75) is 64.2 Å². The molecule has 3 unspecified atom stereocenters. The SMILES string of the molecule is CC[C@]12CCC3c4ccc(OS(N)(=O)=O)cc4CCC3C1CC(=O)N(CC1CC1)C2=O. The van der Waals surface area contributed by atoms with Crippen LogP contribution in [-0.2, 0) is 26.3 Å². The molecule has 3 fully saturated rings. The van der Waals surface area contributed by atoms with Gasteiger partial charge in [-0.05, 0) is 91.9 Å². The fourth-order valence-electron chi connectivity index (χ4n) is 6.59. The summed E-state index contributed by atoms with van der Waals surface area (Å²) in [5.74, 6) is 1.48. The molecule has 168 valence electrons. The number of likely N-dealkylation sites (tertiary alicyclic amines) is 1. The van der Waals surface area contributed by atoms with Crippen LogP contribution in [0.25, 0.3) is 0 Å². The van der Waals surface area contributed by atoms with E-state index in [-0.39, 0.29) is 29.4 Å². The summed E-state index contributed by atoms with van der Waals surface area (Å²) in [7, 11) is -4.06. The molecule has 7 nitrogen and oxygen atoms in total. The fraction of sp³-hybridized carbons (Fsp3) is 0.652. The molecular weight excluding hydrogens is 416 g/mol. The van der Waals surface area contributed by atoms with E-state index < -0.39 is 15.7 Å². The van der Waals surface area contributed by atoms with E-state index in [1.54, 1.807) is 17.0 Å². The molecule has 1 aromatic rings. The molecule has 1 aliphatic heterocycles. The molecule has 4 aliphatic rings. The Morgan fingerprint density at radius 3 is 2.65 bits per heavy atom. The molecule has 2 amide bonds. The van der Waals surface area contributed by atoms with Crippen molar-refractivity contribution in [3.05, 3.63) is 29.3 Å². The molecule has 1 saturated heterocycles. The number of fused-ring (bicyclic) bond motifs is 5. The van der Waals surface area contributed by atoms with Crippen molar-refractivity contribution >= 4 is 22.1 Å². The topological polar surface area (TPSA) is 107 Å². The van der Waals surface area contributed by atoms with E-state index in [0.717, 1.165) is 50.5 Å². The van der Waals surface area contributed by atoms with Crippen molar-refractivity contribution in [3.8, 4) is 5.75 Å². The summed E-state index contributed by atoms with van der Waals surface area (Å²) in [5.41, 5.74) is 1.86. The van der Waals surface area contributed by atoms with Crippen molar-refractivity contribution in [1.29, 1.82) is 0 Å². The molecule has 2 saturated carbocycles. The fourth-order valence-corrected chi connectivity index (χ4v) is 6.96. The molecule has 2 N–H and O–H groups in total. The minimum atomic E-state index is -4.06. The normalized spacial score (nSPS) is 32.8. The summed E-state index contributed by atoms with van der Waals surface area (Å²) >= 11 is 0. The molecule has 1 heterocycles. The van der Waals surface area contributed by atoms with Gasteiger partial charge in [0.2, 0.25) is 11.8 Å². The van der Waals surface area contributed by atoms with Crippen LogP contribution < -0.4 is 9.32 Å². The molecule has 0 radical (unpaired) electrons. The number of hydrogen-bond donors (Lipinski definition) is 1. The van der Waals surface area contributed by atoms with Crippen LogP contribution in [0.3, 0.4) is 0 Å². The van der Waals surface area contributed by atoms with Gasteiger partial charge < -0.3 is 4.18 Å². The summed E-state index contributed by atoms with van der Waals surface area (Å²) < 4.78 is 27.4. The molecule has 31 heavy (non-hydrogen) atoms. The zero-order valence-corrected chi connectivity index (χ0v) is 18.7. The van der Waals surface area contributed by atoms with Crippen molar-refractivity contribution in [1.82, 2.24) is 4.90 Å². The Kier molecular flexibility index (Phi) is 4.93. The molecule has 3 aliphatic carbocycles. The Bertz CT molecular complexity index is 1030. The van der Waals surface area contributed by atoms with E-state index in [9.17, 15) is 18.0 Å². The maximum absolute atomic E-state index is 13.6. The Balaban J connectivity index is 1.44. The van der Waals surface area contributed by atoms with Crippen molar-refractivity contribution in [3.63, 3.8) is 0 Å².